The number of amides is 4. The number of aryl methyl sites for hydroxylation is 1. The van der Waals surface area contributed by atoms with Gasteiger partial charge >= 0.3 is 5.69 Å². The molecule has 2 spiro atoms. The Morgan fingerprint density at radius 1 is 0.902 bits per heavy atom. The number of anilines is 1. The quantitative estimate of drug-likeness (QED) is 0.162. The number of hydrogen-bond acceptors (Lipinski definition) is 7. The number of rotatable bonds is 7. The molecule has 2 saturated carbocycles. The lowest BCUT2D eigenvalue weighted by atomic mass is 9.55. The first-order chi connectivity index (χ1) is 29.4. The van der Waals surface area contributed by atoms with Crippen LogP contribution in [-0.4, -0.2) is 74.9 Å². The van der Waals surface area contributed by atoms with Gasteiger partial charge in [0, 0.05) is 67.2 Å². The van der Waals surface area contributed by atoms with Crippen LogP contribution in [0.1, 0.15) is 105 Å². The molecule has 4 amide bonds. The molecule has 4 atom stereocenters. The van der Waals surface area contributed by atoms with Crippen molar-refractivity contribution in [1.82, 2.24) is 30.0 Å². The van der Waals surface area contributed by atoms with Crippen LogP contribution in [0.5, 0.6) is 0 Å². The number of imide groups is 1. The maximum Gasteiger partial charge on any atom is 0.329 e. The molecule has 5 heterocycles. The summed E-state index contributed by atoms with van der Waals surface area (Å²) in [5, 5.41) is 13.0. The second kappa shape index (κ2) is 15.4. The highest BCUT2D eigenvalue weighted by Crippen LogP contribution is 2.63. The van der Waals surface area contributed by atoms with E-state index in [9.17, 15) is 24.0 Å². The predicted molar refractivity (Wildman–Crippen MR) is 230 cm³/mol. The Labute approximate surface area is 362 Å². The number of likely N-dealkylation sites (tertiary alicyclic amines) is 1. The fraction of sp³-hybridized carbons (Fsp3) is 0.500. The number of nitrogens with zero attached hydrogens (tertiary/aromatic N) is 3. The number of halogens is 3. The number of nitrogens with one attached hydrogen (secondary N) is 4. The van der Waals surface area contributed by atoms with Gasteiger partial charge in [0.15, 0.2) is 0 Å². The summed E-state index contributed by atoms with van der Waals surface area (Å²) in [5.41, 5.74) is 1.88. The molecule has 10 rings (SSSR count). The zero-order valence-corrected chi connectivity index (χ0v) is 35.6. The smallest absolute Gasteiger partial charge is 0.329 e. The minimum atomic E-state index is -1.27. The van der Waals surface area contributed by atoms with E-state index in [4.69, 9.17) is 23.2 Å². The molecule has 1 unspecified atom stereocenters. The van der Waals surface area contributed by atoms with Crippen molar-refractivity contribution in [1.29, 1.82) is 0 Å². The van der Waals surface area contributed by atoms with Crippen LogP contribution in [0.3, 0.4) is 0 Å². The van der Waals surface area contributed by atoms with Crippen molar-refractivity contribution in [3.8, 4) is 0 Å². The maximum atomic E-state index is 16.3. The molecule has 6 aliphatic rings. The summed E-state index contributed by atoms with van der Waals surface area (Å²) in [4.78, 5) is 69.5. The molecule has 0 bridgehead atoms. The third-order valence-electron chi connectivity index (χ3n) is 15.1. The Morgan fingerprint density at radius 2 is 1.67 bits per heavy atom. The van der Waals surface area contributed by atoms with E-state index >= 15 is 4.39 Å². The fourth-order valence-corrected chi connectivity index (χ4v) is 12.5. The molecule has 4 aromatic rings. The van der Waals surface area contributed by atoms with E-state index in [1.54, 1.807) is 35.9 Å². The Kier molecular flexibility index (Phi) is 10.2. The monoisotopic (exact) mass is 869 g/mol. The lowest BCUT2D eigenvalue weighted by Crippen LogP contribution is -2.60. The minimum absolute atomic E-state index is 0.0484. The van der Waals surface area contributed by atoms with Crippen molar-refractivity contribution in [2.75, 3.05) is 25.0 Å². The first-order valence-corrected chi connectivity index (χ1v) is 22.5. The number of imidazole rings is 1. The van der Waals surface area contributed by atoms with E-state index in [2.05, 4.69) is 38.3 Å². The van der Waals surface area contributed by atoms with Crippen LogP contribution in [0, 0.1) is 11.7 Å². The van der Waals surface area contributed by atoms with Gasteiger partial charge in [-0.1, -0.05) is 66.7 Å². The van der Waals surface area contributed by atoms with Crippen molar-refractivity contribution in [3.63, 3.8) is 0 Å². The van der Waals surface area contributed by atoms with Gasteiger partial charge in [-0.2, -0.15) is 0 Å². The van der Waals surface area contributed by atoms with E-state index in [0.717, 1.165) is 81.2 Å². The van der Waals surface area contributed by atoms with Crippen LogP contribution in [-0.2, 0) is 31.6 Å². The molecule has 0 radical (unpaired) electrons. The second-order valence-electron chi connectivity index (χ2n) is 18.4. The van der Waals surface area contributed by atoms with Crippen molar-refractivity contribution >= 4 is 63.6 Å². The van der Waals surface area contributed by atoms with Gasteiger partial charge in [0.05, 0.1) is 22.1 Å². The first-order valence-electron chi connectivity index (χ1n) is 21.8. The van der Waals surface area contributed by atoms with Crippen molar-refractivity contribution < 1.29 is 23.6 Å². The van der Waals surface area contributed by atoms with Crippen LogP contribution in [0.15, 0.2) is 59.4 Å². The summed E-state index contributed by atoms with van der Waals surface area (Å²) in [5.74, 6) is -1.89. The maximum absolute atomic E-state index is 16.3. The largest absolute Gasteiger partial charge is 0.352 e. The van der Waals surface area contributed by atoms with Gasteiger partial charge in [-0.25, -0.2) is 9.18 Å². The zero-order chi connectivity index (χ0) is 42.4. The summed E-state index contributed by atoms with van der Waals surface area (Å²) in [7, 11) is 1.72. The third-order valence-corrected chi connectivity index (χ3v) is 15.6. The highest BCUT2D eigenvalue weighted by molar-refractivity contribution is 6.31. The zero-order valence-electron chi connectivity index (χ0n) is 34.1. The molecular weight excluding hydrogens is 820 g/mol. The lowest BCUT2D eigenvalue weighted by molar-refractivity contribution is -0.136. The lowest BCUT2D eigenvalue weighted by Gasteiger charge is -2.47. The van der Waals surface area contributed by atoms with Crippen LogP contribution in [0.4, 0.5) is 10.1 Å². The van der Waals surface area contributed by atoms with Crippen LogP contribution >= 0.6 is 23.2 Å². The van der Waals surface area contributed by atoms with Gasteiger partial charge in [0.1, 0.15) is 17.3 Å². The molecule has 4 N–H and O–H groups in total. The minimum Gasteiger partial charge on any atom is -0.352 e. The number of hydrogen-bond donors (Lipinski definition) is 4. The van der Waals surface area contributed by atoms with Gasteiger partial charge in [-0.05, 0) is 97.9 Å². The standard InChI is InChI=1S/C46H50Cl2FN7O5/c1-54-36-20-26(10-15-34(36)56(44(54)61)35-16-17-37(57)52-41(35)58)27-23-55(24-27)22-25-8-12-29(13-9-25)50-42(59)40-38(30-6-5-7-32(48)39(30)49)46(45(53-40)18-3-2-4-19-45)31-14-11-28(47)21-33(31)51-43(46)60/h5-7,10-11,14-15,20-21,25,27,29,35,38,40,53H,2-4,8-9,12-13,16-19,22-24H2,1H3,(H,50,59)(H,51,60)(H,52,57,58)/t25?,29?,35?,38-,40+,46+/m0/s1. The summed E-state index contributed by atoms with van der Waals surface area (Å²) < 4.78 is 19.4. The second-order valence-corrected chi connectivity index (χ2v) is 19.2. The molecule has 4 aliphatic heterocycles. The van der Waals surface area contributed by atoms with Crippen LogP contribution < -0.4 is 27.0 Å². The third kappa shape index (κ3) is 6.47. The molecule has 12 nitrogen and oxygen atoms in total. The number of carbonyl (C=O) groups is 4. The number of fused-ring (bicyclic) bond motifs is 4. The van der Waals surface area contributed by atoms with E-state index in [1.807, 2.05) is 12.1 Å². The Bertz CT molecular complexity index is 2540. The SMILES string of the molecule is Cn1c(=O)n(C2CCC(=O)NC2=O)c2ccc(C3CN(CC4CCC(NC(=O)[C@@H]5NC6(CCCCC6)[C@@]6(C(=O)Nc7cc(Cl)ccc76)[C@H]5c5cccc(Cl)c5F)CC4)C3)cc21. The number of benzene rings is 3. The molecule has 1 aromatic heterocycles. The first kappa shape index (κ1) is 40.5. The summed E-state index contributed by atoms with van der Waals surface area (Å²) in [6.07, 6.45) is 8.17. The summed E-state index contributed by atoms with van der Waals surface area (Å²) >= 11 is 12.9. The van der Waals surface area contributed by atoms with Crippen molar-refractivity contribution in [3.05, 3.63) is 97.6 Å². The molecule has 320 valence electrons. The van der Waals surface area contributed by atoms with E-state index < -0.39 is 40.7 Å². The van der Waals surface area contributed by atoms with E-state index in [-0.39, 0.29) is 46.5 Å². The van der Waals surface area contributed by atoms with E-state index in [0.29, 0.717) is 47.3 Å². The van der Waals surface area contributed by atoms with Gasteiger partial charge in [0.2, 0.25) is 23.6 Å². The van der Waals surface area contributed by atoms with Gasteiger partial charge < -0.3 is 15.5 Å². The predicted octanol–water partition coefficient (Wildman–Crippen LogP) is 6.19. The van der Waals surface area contributed by atoms with Crippen molar-refractivity contribution in [2.45, 2.75) is 112 Å². The van der Waals surface area contributed by atoms with Crippen LogP contribution in [0.25, 0.3) is 11.0 Å². The summed E-state index contributed by atoms with van der Waals surface area (Å²) in [6, 6.07) is 14.6. The topological polar surface area (TPSA) is 147 Å². The highest BCUT2D eigenvalue weighted by Gasteiger charge is 2.72. The molecule has 5 fully saturated rings. The van der Waals surface area contributed by atoms with Gasteiger partial charge in [-0.15, -0.1) is 0 Å². The van der Waals surface area contributed by atoms with Gasteiger partial charge in [0.25, 0.3) is 0 Å². The molecular formula is C46H50Cl2FN7O5. The van der Waals surface area contributed by atoms with Crippen LogP contribution in [0.2, 0.25) is 10.0 Å². The Hall–Kier alpha value is -4.56. The Balaban J connectivity index is 0.815. The van der Waals surface area contributed by atoms with Crippen molar-refractivity contribution in [2.24, 2.45) is 13.0 Å². The molecule has 3 aromatic carbocycles. The Morgan fingerprint density at radius 3 is 2.43 bits per heavy atom. The molecule has 61 heavy (non-hydrogen) atoms. The molecule has 15 heteroatoms. The number of piperidine rings is 1. The average Bonchev–Trinajstić information content (AvgIpc) is 3.78. The summed E-state index contributed by atoms with van der Waals surface area (Å²) in [6.45, 7) is 2.78. The van der Waals surface area contributed by atoms with E-state index in [1.165, 1.54) is 10.6 Å². The average molecular weight is 871 g/mol. The van der Waals surface area contributed by atoms with Gasteiger partial charge in [-0.3, -0.25) is 38.9 Å². The highest BCUT2D eigenvalue weighted by atomic mass is 35.5. The molecule has 2 aliphatic carbocycles. The normalized spacial score (nSPS) is 28.9. The molecule has 3 saturated heterocycles. The number of carbonyl (C=O) groups excluding carboxylic acids is 4. The fourth-order valence-electron chi connectivity index (χ4n) is 12.2. The number of aromatic nitrogens is 2.